The van der Waals surface area contributed by atoms with Crippen LogP contribution < -0.4 is 10.6 Å². The van der Waals surface area contributed by atoms with E-state index in [4.69, 9.17) is 4.74 Å². The number of ether oxygens (including phenoxy) is 1. The van der Waals surface area contributed by atoms with Gasteiger partial charge in [-0.1, -0.05) is 6.07 Å². The molecule has 0 spiro atoms. The molecule has 1 aliphatic rings. The number of aromatic nitrogens is 2. The molecule has 1 atom stereocenters. The Balaban J connectivity index is 1.71. The highest BCUT2D eigenvalue weighted by Gasteiger charge is 2.17. The minimum absolute atomic E-state index is 0.0206. The second kappa shape index (κ2) is 5.60. The summed E-state index contributed by atoms with van der Waals surface area (Å²) in [6.07, 6.45) is 2.18. The van der Waals surface area contributed by atoms with Gasteiger partial charge >= 0.3 is 0 Å². The van der Waals surface area contributed by atoms with Crippen molar-refractivity contribution >= 4 is 22.5 Å². The van der Waals surface area contributed by atoms with Crippen LogP contribution in [0.5, 0.6) is 0 Å². The summed E-state index contributed by atoms with van der Waals surface area (Å²) in [6, 6.07) is 3.97. The van der Waals surface area contributed by atoms with Crippen molar-refractivity contribution in [3.05, 3.63) is 23.9 Å². The van der Waals surface area contributed by atoms with Crippen LogP contribution in [0, 0.1) is 6.92 Å². The van der Waals surface area contributed by atoms with Gasteiger partial charge < -0.3 is 15.4 Å². The summed E-state index contributed by atoms with van der Waals surface area (Å²) in [7, 11) is 0. The first-order chi connectivity index (χ1) is 9.74. The molecule has 3 N–H and O–H groups in total. The van der Waals surface area contributed by atoms with Gasteiger partial charge in [-0.25, -0.2) is 0 Å². The van der Waals surface area contributed by atoms with E-state index in [0.29, 0.717) is 19.6 Å². The second-order valence-electron chi connectivity index (χ2n) is 5.07. The van der Waals surface area contributed by atoms with Gasteiger partial charge in [-0.05, 0) is 18.6 Å². The predicted molar refractivity (Wildman–Crippen MR) is 76.7 cm³/mol. The molecular formula is C14H18N4O2. The third-order valence-electron chi connectivity index (χ3n) is 3.54. The molecule has 0 radical (unpaired) electrons. The molecule has 1 fully saturated rings. The Hall–Kier alpha value is -1.92. The molecule has 1 saturated heterocycles. The van der Waals surface area contributed by atoms with Crippen molar-refractivity contribution in [3.63, 3.8) is 0 Å². The molecule has 0 saturated carbocycles. The minimum atomic E-state index is -0.0206. The number of aryl methyl sites for hydroxylation is 1. The lowest BCUT2D eigenvalue weighted by atomic mass is 10.1. The van der Waals surface area contributed by atoms with Crippen molar-refractivity contribution in [1.82, 2.24) is 15.5 Å². The van der Waals surface area contributed by atoms with Crippen LogP contribution in [0.25, 0.3) is 10.9 Å². The van der Waals surface area contributed by atoms with Crippen LogP contribution in [-0.4, -0.2) is 41.9 Å². The number of rotatable bonds is 3. The number of aromatic amines is 1. The van der Waals surface area contributed by atoms with E-state index in [1.54, 1.807) is 6.20 Å². The van der Waals surface area contributed by atoms with Gasteiger partial charge in [0.15, 0.2) is 0 Å². The quantitative estimate of drug-likeness (QED) is 0.785. The Morgan fingerprint density at radius 2 is 2.45 bits per heavy atom. The van der Waals surface area contributed by atoms with Gasteiger partial charge in [0.25, 0.3) is 0 Å². The van der Waals surface area contributed by atoms with Crippen LogP contribution in [0.15, 0.2) is 18.3 Å². The molecule has 0 aliphatic carbocycles. The maximum Gasteiger partial charge on any atom is 0.226 e. The normalized spacial score (nSPS) is 19.1. The SMILES string of the molecule is Cc1ccc(NC(=O)CC2COCCN2)c2[nH]ncc12. The maximum absolute atomic E-state index is 12.1. The fraction of sp³-hybridized carbons (Fsp3) is 0.429. The van der Waals surface area contributed by atoms with E-state index in [1.807, 2.05) is 19.1 Å². The number of H-pyrrole nitrogens is 1. The van der Waals surface area contributed by atoms with Gasteiger partial charge in [0.1, 0.15) is 0 Å². The molecule has 106 valence electrons. The number of nitrogens with one attached hydrogen (secondary N) is 3. The molecule has 20 heavy (non-hydrogen) atoms. The number of fused-ring (bicyclic) bond motifs is 1. The van der Waals surface area contributed by atoms with Crippen LogP contribution >= 0.6 is 0 Å². The second-order valence-corrected chi connectivity index (χ2v) is 5.07. The van der Waals surface area contributed by atoms with Crippen molar-refractivity contribution in [2.45, 2.75) is 19.4 Å². The highest BCUT2D eigenvalue weighted by molar-refractivity contribution is 6.01. The summed E-state index contributed by atoms with van der Waals surface area (Å²) in [5, 5.41) is 14.2. The van der Waals surface area contributed by atoms with Crippen molar-refractivity contribution < 1.29 is 9.53 Å². The number of morpholine rings is 1. The summed E-state index contributed by atoms with van der Waals surface area (Å²) in [5.41, 5.74) is 2.77. The Morgan fingerprint density at radius 3 is 3.25 bits per heavy atom. The van der Waals surface area contributed by atoms with E-state index in [2.05, 4.69) is 20.8 Å². The fourth-order valence-electron chi connectivity index (χ4n) is 2.45. The first kappa shape index (κ1) is 13.1. The number of carbonyl (C=O) groups is 1. The van der Waals surface area contributed by atoms with E-state index in [-0.39, 0.29) is 11.9 Å². The van der Waals surface area contributed by atoms with Gasteiger partial charge in [-0.15, -0.1) is 0 Å². The molecule has 0 bridgehead atoms. The largest absolute Gasteiger partial charge is 0.378 e. The molecule has 1 aromatic heterocycles. The zero-order chi connectivity index (χ0) is 13.9. The molecule has 2 aromatic rings. The van der Waals surface area contributed by atoms with Crippen molar-refractivity contribution in [3.8, 4) is 0 Å². The van der Waals surface area contributed by atoms with Crippen LogP contribution in [0.1, 0.15) is 12.0 Å². The van der Waals surface area contributed by atoms with E-state index in [9.17, 15) is 4.79 Å². The Labute approximate surface area is 116 Å². The number of anilines is 1. The average molecular weight is 274 g/mol. The lowest BCUT2D eigenvalue weighted by Crippen LogP contribution is -2.43. The molecule has 2 heterocycles. The lowest BCUT2D eigenvalue weighted by Gasteiger charge is -2.23. The number of carbonyl (C=O) groups excluding carboxylic acids is 1. The third-order valence-corrected chi connectivity index (χ3v) is 3.54. The predicted octanol–water partition coefficient (Wildman–Crippen LogP) is 1.19. The third kappa shape index (κ3) is 2.66. The van der Waals surface area contributed by atoms with Crippen LogP contribution in [0.3, 0.4) is 0 Å². The molecular weight excluding hydrogens is 256 g/mol. The number of nitrogens with zero attached hydrogens (tertiary/aromatic N) is 1. The number of hydrogen-bond acceptors (Lipinski definition) is 4. The summed E-state index contributed by atoms with van der Waals surface area (Å²) in [4.78, 5) is 12.1. The van der Waals surface area contributed by atoms with Gasteiger partial charge in [0.05, 0.1) is 30.6 Å². The number of amides is 1. The first-order valence-corrected chi connectivity index (χ1v) is 6.77. The standard InChI is InChI=1S/C14H18N4O2/c1-9-2-3-12(14-11(9)7-16-18-14)17-13(19)6-10-8-20-5-4-15-10/h2-3,7,10,15H,4-6,8H2,1H3,(H,16,18)(H,17,19). The van der Waals surface area contributed by atoms with Gasteiger partial charge in [0, 0.05) is 24.4 Å². The molecule has 1 aromatic carbocycles. The van der Waals surface area contributed by atoms with E-state index >= 15 is 0 Å². The summed E-state index contributed by atoms with van der Waals surface area (Å²) in [6.45, 7) is 4.12. The molecule has 6 heteroatoms. The summed E-state index contributed by atoms with van der Waals surface area (Å²) in [5.74, 6) is -0.0206. The van der Waals surface area contributed by atoms with Crippen LogP contribution in [0.2, 0.25) is 0 Å². The van der Waals surface area contributed by atoms with Crippen molar-refractivity contribution in [1.29, 1.82) is 0 Å². The van der Waals surface area contributed by atoms with Gasteiger partial charge in [-0.2, -0.15) is 5.10 Å². The van der Waals surface area contributed by atoms with E-state index in [1.165, 1.54) is 0 Å². The number of hydrogen-bond donors (Lipinski definition) is 3. The Morgan fingerprint density at radius 1 is 1.55 bits per heavy atom. The molecule has 1 amide bonds. The van der Waals surface area contributed by atoms with Crippen molar-refractivity contribution in [2.24, 2.45) is 0 Å². The molecule has 1 aliphatic heterocycles. The monoisotopic (exact) mass is 274 g/mol. The fourth-order valence-corrected chi connectivity index (χ4v) is 2.45. The minimum Gasteiger partial charge on any atom is -0.378 e. The zero-order valence-corrected chi connectivity index (χ0v) is 11.4. The van der Waals surface area contributed by atoms with Crippen LogP contribution in [0.4, 0.5) is 5.69 Å². The van der Waals surface area contributed by atoms with E-state index in [0.717, 1.165) is 28.7 Å². The summed E-state index contributed by atoms with van der Waals surface area (Å²) < 4.78 is 5.35. The first-order valence-electron chi connectivity index (χ1n) is 6.77. The van der Waals surface area contributed by atoms with Crippen LogP contribution in [-0.2, 0) is 9.53 Å². The highest BCUT2D eigenvalue weighted by atomic mass is 16.5. The van der Waals surface area contributed by atoms with Gasteiger partial charge in [0.2, 0.25) is 5.91 Å². The summed E-state index contributed by atoms with van der Waals surface area (Å²) >= 11 is 0. The highest BCUT2D eigenvalue weighted by Crippen LogP contribution is 2.24. The molecule has 1 unspecified atom stereocenters. The average Bonchev–Trinajstić information content (AvgIpc) is 2.93. The van der Waals surface area contributed by atoms with Crippen molar-refractivity contribution in [2.75, 3.05) is 25.1 Å². The lowest BCUT2D eigenvalue weighted by molar-refractivity contribution is -0.117. The van der Waals surface area contributed by atoms with E-state index < -0.39 is 0 Å². The zero-order valence-electron chi connectivity index (χ0n) is 11.4. The maximum atomic E-state index is 12.1. The smallest absolute Gasteiger partial charge is 0.226 e. The Kier molecular flexibility index (Phi) is 3.66. The topological polar surface area (TPSA) is 79.0 Å². The molecule has 3 rings (SSSR count). The number of benzene rings is 1. The van der Waals surface area contributed by atoms with Gasteiger partial charge in [-0.3, -0.25) is 9.89 Å². The Bertz CT molecular complexity index is 617. The molecule has 6 nitrogen and oxygen atoms in total.